The fourth-order valence-electron chi connectivity index (χ4n) is 4.33. The van der Waals surface area contributed by atoms with E-state index >= 15 is 0 Å². The zero-order chi connectivity index (χ0) is 8.03. The average molecular weight is 158 g/mol. The van der Waals surface area contributed by atoms with Crippen LogP contribution in [0.1, 0.15) is 20.3 Å². The lowest BCUT2D eigenvalue weighted by Gasteiger charge is -2.09. The largest absolute Gasteiger partial charge is 0.123 e. The highest BCUT2D eigenvalue weighted by atomic mass is 14.8. The lowest BCUT2D eigenvalue weighted by atomic mass is 9.95. The van der Waals surface area contributed by atoms with E-state index in [2.05, 4.69) is 19.6 Å². The van der Waals surface area contributed by atoms with Gasteiger partial charge >= 0.3 is 0 Å². The maximum absolute atomic E-state index is 3.62. The number of allylic oxidation sites excluding steroid dienone is 1. The third-order valence-corrected chi connectivity index (χ3v) is 4.56. The minimum Gasteiger partial charge on any atom is -0.123 e. The SMILES string of the molecule is CC(C)=C=C1C2C3CC4C1C4C32. The van der Waals surface area contributed by atoms with Gasteiger partial charge < -0.3 is 0 Å². The van der Waals surface area contributed by atoms with E-state index in [-0.39, 0.29) is 0 Å². The van der Waals surface area contributed by atoms with E-state index in [9.17, 15) is 0 Å². The Balaban J connectivity index is 1.90. The van der Waals surface area contributed by atoms with Crippen molar-refractivity contribution in [3.63, 3.8) is 0 Å². The zero-order valence-corrected chi connectivity index (χ0v) is 7.67. The van der Waals surface area contributed by atoms with Crippen molar-refractivity contribution in [2.24, 2.45) is 35.5 Å². The molecule has 4 saturated carbocycles. The molecular formula is C12H14. The van der Waals surface area contributed by atoms with Gasteiger partial charge in [0, 0.05) is 0 Å². The molecule has 6 atom stereocenters. The van der Waals surface area contributed by atoms with E-state index in [1.165, 1.54) is 5.57 Å². The fourth-order valence-corrected chi connectivity index (χ4v) is 4.33. The quantitative estimate of drug-likeness (QED) is 0.475. The van der Waals surface area contributed by atoms with Gasteiger partial charge in [0.15, 0.2) is 0 Å². The molecule has 0 bridgehead atoms. The molecule has 0 amide bonds. The second kappa shape index (κ2) is 1.46. The highest BCUT2D eigenvalue weighted by molar-refractivity contribution is 5.44. The van der Waals surface area contributed by atoms with Crippen LogP contribution in [0.3, 0.4) is 0 Å². The average Bonchev–Trinajstić information content (AvgIpc) is 2.81. The Hall–Kier alpha value is -0.480. The lowest BCUT2D eigenvalue weighted by molar-refractivity contribution is 0.547. The zero-order valence-electron chi connectivity index (χ0n) is 7.67. The van der Waals surface area contributed by atoms with Gasteiger partial charge in [0.2, 0.25) is 0 Å². The molecule has 0 N–H and O–H groups in total. The standard InChI is InChI=1S/C12H14/c1-5(2)3-6-9-7-4-8-10(6)12(8)11(7)9/h7-12H,4H2,1-2H3. The van der Waals surface area contributed by atoms with Crippen molar-refractivity contribution in [1.29, 1.82) is 0 Å². The van der Waals surface area contributed by atoms with Crippen molar-refractivity contribution in [2.45, 2.75) is 20.3 Å². The predicted octanol–water partition coefficient (Wildman–Crippen LogP) is 2.62. The Labute approximate surface area is 73.4 Å². The Bertz CT molecular complexity index is 317. The highest BCUT2D eigenvalue weighted by Crippen LogP contribution is 2.86. The molecule has 0 heteroatoms. The van der Waals surface area contributed by atoms with Gasteiger partial charge in [-0.25, -0.2) is 0 Å². The molecule has 62 valence electrons. The summed E-state index contributed by atoms with van der Waals surface area (Å²) < 4.78 is 0. The van der Waals surface area contributed by atoms with Crippen molar-refractivity contribution in [1.82, 2.24) is 0 Å². The van der Waals surface area contributed by atoms with E-state index in [0.717, 1.165) is 35.5 Å². The second-order valence-electron chi connectivity index (χ2n) is 5.35. The van der Waals surface area contributed by atoms with Crippen molar-refractivity contribution < 1.29 is 0 Å². The van der Waals surface area contributed by atoms with Crippen LogP contribution in [-0.4, -0.2) is 0 Å². The summed E-state index contributed by atoms with van der Waals surface area (Å²) in [4.78, 5) is 0. The molecule has 0 aromatic heterocycles. The first-order valence-corrected chi connectivity index (χ1v) is 5.23. The summed E-state index contributed by atoms with van der Waals surface area (Å²) in [6, 6.07) is 0. The van der Waals surface area contributed by atoms with Crippen LogP contribution in [0.5, 0.6) is 0 Å². The van der Waals surface area contributed by atoms with E-state index in [4.69, 9.17) is 0 Å². The van der Waals surface area contributed by atoms with Crippen LogP contribution >= 0.6 is 0 Å². The van der Waals surface area contributed by atoms with E-state index in [1.54, 1.807) is 12.0 Å². The van der Waals surface area contributed by atoms with Gasteiger partial charge in [0.25, 0.3) is 0 Å². The van der Waals surface area contributed by atoms with Crippen molar-refractivity contribution in [3.05, 3.63) is 16.9 Å². The number of hydrogen-bond donors (Lipinski definition) is 0. The molecular weight excluding hydrogens is 144 g/mol. The molecule has 0 heterocycles. The fraction of sp³-hybridized carbons (Fsp3) is 0.750. The number of hydrogen-bond acceptors (Lipinski definition) is 0. The van der Waals surface area contributed by atoms with Crippen LogP contribution in [0.4, 0.5) is 0 Å². The molecule has 4 rings (SSSR count). The van der Waals surface area contributed by atoms with Crippen molar-refractivity contribution in [3.8, 4) is 0 Å². The molecule has 0 saturated heterocycles. The van der Waals surface area contributed by atoms with E-state index < -0.39 is 0 Å². The molecule has 0 radical (unpaired) electrons. The Morgan fingerprint density at radius 1 is 1.17 bits per heavy atom. The van der Waals surface area contributed by atoms with Crippen molar-refractivity contribution >= 4 is 0 Å². The Morgan fingerprint density at radius 2 is 1.75 bits per heavy atom. The number of fused-ring (bicyclic) bond motifs is 2. The lowest BCUT2D eigenvalue weighted by Crippen LogP contribution is -2.00. The van der Waals surface area contributed by atoms with Gasteiger partial charge in [0.05, 0.1) is 0 Å². The third-order valence-electron chi connectivity index (χ3n) is 4.56. The highest BCUT2D eigenvalue weighted by Gasteiger charge is 2.81. The molecule has 0 aliphatic heterocycles. The van der Waals surface area contributed by atoms with E-state index in [0.29, 0.717) is 0 Å². The summed E-state index contributed by atoms with van der Waals surface area (Å²) in [5.41, 5.74) is 6.75. The van der Waals surface area contributed by atoms with Gasteiger partial charge in [-0.2, -0.15) is 0 Å². The first kappa shape index (κ1) is 6.05. The second-order valence-corrected chi connectivity index (χ2v) is 5.35. The summed E-state index contributed by atoms with van der Waals surface area (Å²) in [5.74, 6) is 6.63. The van der Waals surface area contributed by atoms with Crippen LogP contribution in [0.15, 0.2) is 16.9 Å². The molecule has 4 aliphatic carbocycles. The van der Waals surface area contributed by atoms with Crippen LogP contribution in [0.25, 0.3) is 0 Å². The van der Waals surface area contributed by atoms with Crippen LogP contribution in [0.2, 0.25) is 0 Å². The molecule has 0 aromatic rings. The van der Waals surface area contributed by atoms with Gasteiger partial charge in [-0.3, -0.25) is 0 Å². The first-order chi connectivity index (χ1) is 5.79. The van der Waals surface area contributed by atoms with Gasteiger partial charge in [0.1, 0.15) is 0 Å². The first-order valence-electron chi connectivity index (χ1n) is 5.23. The minimum absolute atomic E-state index is 1.03. The summed E-state index contributed by atoms with van der Waals surface area (Å²) in [6.45, 7) is 4.37. The summed E-state index contributed by atoms with van der Waals surface area (Å²) in [6.07, 6.45) is 1.58. The summed E-state index contributed by atoms with van der Waals surface area (Å²) in [5, 5.41) is 0. The predicted molar refractivity (Wildman–Crippen MR) is 47.4 cm³/mol. The monoisotopic (exact) mass is 158 g/mol. The molecule has 0 aromatic carbocycles. The summed E-state index contributed by atoms with van der Waals surface area (Å²) in [7, 11) is 0. The maximum Gasteiger partial charge on any atom is -0.00585 e. The normalized spacial score (nSPS) is 61.3. The molecule has 0 nitrogen and oxygen atoms in total. The molecule has 4 fully saturated rings. The van der Waals surface area contributed by atoms with Crippen molar-refractivity contribution in [2.75, 3.05) is 0 Å². The Morgan fingerprint density at radius 3 is 2.17 bits per heavy atom. The van der Waals surface area contributed by atoms with Crippen LogP contribution < -0.4 is 0 Å². The van der Waals surface area contributed by atoms with E-state index in [1.807, 2.05) is 0 Å². The topological polar surface area (TPSA) is 0 Å². The molecule has 4 aliphatic rings. The Kier molecular flexibility index (Phi) is 0.738. The minimum atomic E-state index is 1.03. The maximum atomic E-state index is 3.62. The molecule has 6 unspecified atom stereocenters. The number of rotatable bonds is 0. The van der Waals surface area contributed by atoms with Gasteiger partial charge in [-0.05, 0) is 66.9 Å². The van der Waals surface area contributed by atoms with Gasteiger partial charge in [-0.15, -0.1) is 5.73 Å². The van der Waals surface area contributed by atoms with Crippen LogP contribution in [0, 0.1) is 35.5 Å². The molecule has 12 heavy (non-hydrogen) atoms. The van der Waals surface area contributed by atoms with Crippen LogP contribution in [-0.2, 0) is 0 Å². The summed E-state index contributed by atoms with van der Waals surface area (Å²) >= 11 is 0. The smallest absolute Gasteiger partial charge is 0.00585 e. The van der Waals surface area contributed by atoms with Gasteiger partial charge in [-0.1, -0.05) is 0 Å². The molecule has 0 spiro atoms. The third kappa shape index (κ3) is 0.442.